The number of nitrogens with two attached hydrogens (primary N) is 1. The Hall–Kier alpha value is -3.44. The van der Waals surface area contributed by atoms with Gasteiger partial charge in [0.05, 0.1) is 12.1 Å². The molecule has 0 saturated carbocycles. The average molecular weight is 532 g/mol. The quantitative estimate of drug-likeness (QED) is 0.190. The summed E-state index contributed by atoms with van der Waals surface area (Å²) in [5.41, 5.74) is 7.99. The Morgan fingerprint density at radius 2 is 1.39 bits per heavy atom. The van der Waals surface area contributed by atoms with Crippen molar-refractivity contribution in [2.45, 2.75) is 84.2 Å². The first-order valence-electron chi connectivity index (χ1n) is 13.0. The highest BCUT2D eigenvalue weighted by molar-refractivity contribution is 5.95. The lowest BCUT2D eigenvalue weighted by atomic mass is 9.96. The van der Waals surface area contributed by atoms with Crippen LogP contribution < -0.4 is 21.7 Å². The minimum Gasteiger partial charge on any atom is -0.480 e. The molecule has 2 rings (SSSR count). The number of benzene rings is 1. The summed E-state index contributed by atoms with van der Waals surface area (Å²) in [4.78, 5) is 53.9. The van der Waals surface area contributed by atoms with Crippen LogP contribution in [0.3, 0.4) is 0 Å². The van der Waals surface area contributed by atoms with Crippen molar-refractivity contribution in [2.75, 3.05) is 0 Å². The number of aliphatic carboxylic acids is 1. The number of carbonyl (C=O) groups excluding carboxylic acids is 3. The van der Waals surface area contributed by atoms with Crippen molar-refractivity contribution in [3.8, 4) is 0 Å². The number of carboxylic acid groups (broad SMARTS) is 1. The molecule has 2 aromatic rings. The van der Waals surface area contributed by atoms with Crippen molar-refractivity contribution in [1.29, 1.82) is 0 Å². The van der Waals surface area contributed by atoms with Gasteiger partial charge < -0.3 is 36.9 Å². The molecule has 0 bridgehead atoms. The van der Waals surface area contributed by atoms with E-state index in [1.54, 1.807) is 27.0 Å². The molecule has 38 heavy (non-hydrogen) atoms. The van der Waals surface area contributed by atoms with Crippen molar-refractivity contribution < 1.29 is 29.4 Å². The summed E-state index contributed by atoms with van der Waals surface area (Å²) in [5, 5.41) is 28.3. The van der Waals surface area contributed by atoms with E-state index in [1.807, 2.05) is 31.2 Å². The summed E-state index contributed by atoms with van der Waals surface area (Å²) in [7, 11) is 0. The Bertz CT molecular complexity index is 1120. The standard InChI is InChI=1S/C27H41N5O6/c1-6-14(3)21(30-24(34)19(28)12-17-13-29-20-11-9-8-10-18(17)20)25(35)32-23(16(5)33)26(36)31-22(27(37)38)15(4)7-2/h8-11,13-16,19,21-23,29,33H,6-7,12,28H2,1-5H3,(H,30,34)(H,31,36)(H,32,35)(H,37,38). The first-order valence-corrected chi connectivity index (χ1v) is 13.0. The van der Waals surface area contributed by atoms with Gasteiger partial charge in [-0.1, -0.05) is 58.7 Å². The van der Waals surface area contributed by atoms with E-state index in [0.29, 0.717) is 12.8 Å². The fourth-order valence-corrected chi connectivity index (χ4v) is 4.17. The van der Waals surface area contributed by atoms with E-state index in [9.17, 15) is 29.4 Å². The number of nitrogens with one attached hydrogen (secondary N) is 4. The van der Waals surface area contributed by atoms with E-state index in [2.05, 4.69) is 20.9 Å². The summed E-state index contributed by atoms with van der Waals surface area (Å²) in [6.45, 7) is 8.42. The summed E-state index contributed by atoms with van der Waals surface area (Å²) in [5.74, 6) is -3.93. The zero-order valence-electron chi connectivity index (χ0n) is 22.7. The highest BCUT2D eigenvalue weighted by Crippen LogP contribution is 2.19. The number of carbonyl (C=O) groups is 4. The van der Waals surface area contributed by atoms with Crippen LogP contribution in [-0.2, 0) is 25.6 Å². The topological polar surface area (TPSA) is 187 Å². The van der Waals surface area contributed by atoms with Crippen LogP contribution >= 0.6 is 0 Å². The largest absolute Gasteiger partial charge is 0.480 e. The molecule has 0 aliphatic rings. The molecule has 8 N–H and O–H groups in total. The maximum absolute atomic E-state index is 13.2. The Morgan fingerprint density at radius 1 is 0.868 bits per heavy atom. The van der Waals surface area contributed by atoms with Crippen LogP contribution in [0.1, 0.15) is 53.0 Å². The summed E-state index contributed by atoms with van der Waals surface area (Å²) < 4.78 is 0. The van der Waals surface area contributed by atoms with Crippen LogP contribution in [0, 0.1) is 11.8 Å². The minimum atomic E-state index is -1.42. The van der Waals surface area contributed by atoms with Crippen molar-refractivity contribution in [1.82, 2.24) is 20.9 Å². The molecule has 7 unspecified atom stereocenters. The predicted molar refractivity (Wildman–Crippen MR) is 144 cm³/mol. The van der Waals surface area contributed by atoms with Gasteiger partial charge in [0.2, 0.25) is 17.7 Å². The lowest BCUT2D eigenvalue weighted by molar-refractivity contribution is -0.144. The molecule has 0 spiro atoms. The average Bonchev–Trinajstić information content (AvgIpc) is 3.29. The number of fused-ring (bicyclic) bond motifs is 1. The van der Waals surface area contributed by atoms with Gasteiger partial charge in [0, 0.05) is 17.1 Å². The number of H-pyrrole nitrogens is 1. The lowest BCUT2D eigenvalue weighted by Gasteiger charge is -2.29. The number of aliphatic hydroxyl groups is 1. The number of aromatic nitrogens is 1. The van der Waals surface area contributed by atoms with Gasteiger partial charge in [0.25, 0.3) is 0 Å². The molecule has 1 aromatic heterocycles. The number of rotatable bonds is 14. The minimum absolute atomic E-state index is 0.246. The van der Waals surface area contributed by atoms with Gasteiger partial charge in [-0.2, -0.15) is 0 Å². The summed E-state index contributed by atoms with van der Waals surface area (Å²) >= 11 is 0. The number of carboxylic acids is 1. The predicted octanol–water partition coefficient (Wildman–Crippen LogP) is 1.05. The van der Waals surface area contributed by atoms with Crippen LogP contribution in [0.4, 0.5) is 0 Å². The van der Waals surface area contributed by atoms with Crippen LogP contribution in [0.2, 0.25) is 0 Å². The van der Waals surface area contributed by atoms with Gasteiger partial charge in [-0.05, 0) is 36.8 Å². The number of amides is 3. The Kier molecular flexibility index (Phi) is 11.3. The Labute approximate surface area is 222 Å². The number of aromatic amines is 1. The van der Waals surface area contributed by atoms with Crippen LogP contribution in [-0.4, -0.2) is 69.2 Å². The highest BCUT2D eigenvalue weighted by Gasteiger charge is 2.35. The smallest absolute Gasteiger partial charge is 0.326 e. The first kappa shape index (κ1) is 30.8. The SMILES string of the molecule is CCC(C)C(NC(=O)C(NC(=O)C(NC(=O)C(N)Cc1c[nH]c2ccccc12)C(C)CC)C(C)O)C(=O)O. The van der Waals surface area contributed by atoms with E-state index in [0.717, 1.165) is 16.5 Å². The molecule has 11 heteroatoms. The second-order valence-electron chi connectivity index (χ2n) is 9.98. The number of aliphatic hydroxyl groups excluding tert-OH is 1. The van der Waals surface area contributed by atoms with E-state index >= 15 is 0 Å². The van der Waals surface area contributed by atoms with Crippen molar-refractivity contribution in [3.63, 3.8) is 0 Å². The summed E-state index contributed by atoms with van der Waals surface area (Å²) in [6, 6.07) is 3.08. The van der Waals surface area contributed by atoms with Crippen LogP contribution in [0.15, 0.2) is 30.5 Å². The lowest BCUT2D eigenvalue weighted by Crippen LogP contribution is -2.61. The van der Waals surface area contributed by atoms with E-state index in [-0.39, 0.29) is 18.3 Å². The van der Waals surface area contributed by atoms with Gasteiger partial charge in [-0.15, -0.1) is 0 Å². The fraction of sp³-hybridized carbons (Fsp3) is 0.556. The normalized spacial score (nSPS) is 16.9. The van der Waals surface area contributed by atoms with Crippen molar-refractivity contribution >= 4 is 34.6 Å². The second kappa shape index (κ2) is 13.9. The zero-order chi connectivity index (χ0) is 28.6. The Morgan fingerprint density at radius 3 is 1.97 bits per heavy atom. The molecule has 11 nitrogen and oxygen atoms in total. The van der Waals surface area contributed by atoms with Gasteiger partial charge in [-0.25, -0.2) is 4.79 Å². The van der Waals surface area contributed by atoms with Crippen molar-refractivity contribution in [2.24, 2.45) is 17.6 Å². The Balaban J connectivity index is 2.14. The fourth-order valence-electron chi connectivity index (χ4n) is 4.17. The van der Waals surface area contributed by atoms with Crippen LogP contribution in [0.25, 0.3) is 10.9 Å². The zero-order valence-corrected chi connectivity index (χ0v) is 22.7. The molecular formula is C27H41N5O6. The molecule has 0 fully saturated rings. The molecule has 0 radical (unpaired) electrons. The molecular weight excluding hydrogens is 490 g/mol. The second-order valence-corrected chi connectivity index (χ2v) is 9.98. The molecule has 3 amide bonds. The highest BCUT2D eigenvalue weighted by atomic mass is 16.4. The van der Waals surface area contributed by atoms with Gasteiger partial charge >= 0.3 is 5.97 Å². The molecule has 0 saturated heterocycles. The number of hydrogen-bond donors (Lipinski definition) is 7. The first-order chi connectivity index (χ1) is 17.9. The van der Waals surface area contributed by atoms with Gasteiger partial charge in [-0.3, -0.25) is 14.4 Å². The maximum Gasteiger partial charge on any atom is 0.326 e. The van der Waals surface area contributed by atoms with Gasteiger partial charge in [0.15, 0.2) is 0 Å². The molecule has 0 aliphatic carbocycles. The third-order valence-electron chi connectivity index (χ3n) is 7.08. The van der Waals surface area contributed by atoms with E-state index < -0.39 is 54.0 Å². The maximum atomic E-state index is 13.2. The molecule has 7 atom stereocenters. The third-order valence-corrected chi connectivity index (χ3v) is 7.08. The van der Waals surface area contributed by atoms with Gasteiger partial charge in [0.1, 0.15) is 18.1 Å². The molecule has 210 valence electrons. The number of para-hydroxylation sites is 1. The van der Waals surface area contributed by atoms with E-state index in [4.69, 9.17) is 5.73 Å². The monoisotopic (exact) mass is 531 g/mol. The van der Waals surface area contributed by atoms with Crippen LogP contribution in [0.5, 0.6) is 0 Å². The van der Waals surface area contributed by atoms with E-state index in [1.165, 1.54) is 6.92 Å². The number of hydrogen-bond acceptors (Lipinski definition) is 6. The molecule has 1 aromatic carbocycles. The third kappa shape index (κ3) is 7.78. The molecule has 1 heterocycles. The molecule has 0 aliphatic heterocycles. The summed E-state index contributed by atoms with van der Waals surface area (Å²) in [6.07, 6.45) is 1.77. The van der Waals surface area contributed by atoms with Crippen molar-refractivity contribution in [3.05, 3.63) is 36.0 Å².